The van der Waals surface area contributed by atoms with E-state index in [1.165, 1.54) is 5.56 Å². The van der Waals surface area contributed by atoms with Crippen LogP contribution in [0.25, 0.3) is 0 Å². The fraction of sp³-hybridized carbons (Fsp3) is 0.111. The average molecular weight is 254 g/mol. The number of allylic oxidation sites excluding steroid dienone is 1. The first-order chi connectivity index (χ1) is 4.97. The Morgan fingerprint density at radius 2 is 1.92 bits per heavy atom. The van der Waals surface area contributed by atoms with Gasteiger partial charge in [0.25, 0.3) is 0 Å². The first kappa shape index (κ1) is 11.8. The maximum Gasteiger partial charge on any atom is 0.130 e. The van der Waals surface area contributed by atoms with Crippen LogP contribution in [0.3, 0.4) is 0 Å². The number of para-hydroxylation sites is 1. The van der Waals surface area contributed by atoms with Gasteiger partial charge in [-0.2, -0.15) is 0 Å². The quantitative estimate of drug-likeness (QED) is 0.645. The summed E-state index contributed by atoms with van der Waals surface area (Å²) < 4.78 is 5.24. The molecule has 0 aromatic heterocycles. The molecule has 0 atom stereocenters. The smallest absolute Gasteiger partial charge is 0.130 e. The van der Waals surface area contributed by atoms with Crippen molar-refractivity contribution in [2.75, 3.05) is 0 Å². The molecule has 71 valence electrons. The molecule has 2 rings (SSSR count). The second-order valence-electron chi connectivity index (χ2n) is 2.30. The molecule has 0 N–H and O–H groups in total. The van der Waals surface area contributed by atoms with E-state index in [2.05, 4.69) is 6.07 Å². The Morgan fingerprint density at radius 3 is 2.67 bits per heavy atom. The van der Waals surface area contributed by atoms with E-state index in [0.29, 0.717) is 0 Å². The van der Waals surface area contributed by atoms with Gasteiger partial charge in [-0.25, -0.2) is 0 Å². The van der Waals surface area contributed by atoms with Crippen LogP contribution in [0.2, 0.25) is 0 Å². The van der Waals surface area contributed by atoms with Crippen LogP contribution < -0.4 is 4.74 Å². The van der Waals surface area contributed by atoms with Gasteiger partial charge in [-0.05, 0) is 24.1 Å². The molecule has 3 heteroatoms. The molecule has 0 fully saturated rings. The Kier molecular flexibility index (Phi) is 5.32. The van der Waals surface area contributed by atoms with Gasteiger partial charge in [0, 0.05) is 33.6 Å². The zero-order valence-corrected chi connectivity index (χ0v) is 8.13. The molecule has 1 heterocycles. The molecule has 1 nitrogen and oxygen atoms in total. The van der Waals surface area contributed by atoms with Crippen molar-refractivity contribution < 1.29 is 38.3 Å². The monoisotopic (exact) mass is 253 g/mol. The third-order valence-electron chi connectivity index (χ3n) is 1.60. The van der Waals surface area contributed by atoms with Gasteiger partial charge in [0.2, 0.25) is 0 Å². The molecule has 12 heavy (non-hydrogen) atoms. The minimum atomic E-state index is 0. The predicted octanol–water partition coefficient (Wildman–Crippen LogP) is 2.13. The van der Waals surface area contributed by atoms with Crippen molar-refractivity contribution in [1.29, 1.82) is 0 Å². The summed E-state index contributed by atoms with van der Waals surface area (Å²) in [5.74, 6) is 0.991. The van der Waals surface area contributed by atoms with Crippen molar-refractivity contribution >= 4 is 0 Å². The molecule has 1 aliphatic rings. The maximum absolute atomic E-state index is 5.24. The molecule has 0 saturated carbocycles. The van der Waals surface area contributed by atoms with Crippen LogP contribution >= 0.6 is 0 Å². The second kappa shape index (κ2) is 5.42. The van der Waals surface area contributed by atoms with Crippen LogP contribution in [0.5, 0.6) is 5.75 Å². The van der Waals surface area contributed by atoms with Crippen LogP contribution in [0, 0.1) is 0 Å². The third kappa shape index (κ3) is 2.38. The predicted molar refractivity (Wildman–Crippen MR) is 39.9 cm³/mol. The SMILES string of the molecule is C1=COc2ccccc2C1.[Cu].[Ni]. The number of hydrogen-bond acceptors (Lipinski definition) is 1. The Morgan fingerprint density at radius 1 is 1.17 bits per heavy atom. The molecule has 0 bridgehead atoms. The Balaban J connectivity index is 0.000000605. The van der Waals surface area contributed by atoms with E-state index in [0.717, 1.165) is 12.2 Å². The van der Waals surface area contributed by atoms with Crippen molar-refractivity contribution in [1.82, 2.24) is 0 Å². The molecule has 0 unspecified atom stereocenters. The zero-order valence-electron chi connectivity index (χ0n) is 6.20. The number of rotatable bonds is 0. The Bertz CT molecular complexity index is 246. The van der Waals surface area contributed by atoms with E-state index >= 15 is 0 Å². The van der Waals surface area contributed by atoms with Crippen LogP contribution in [-0.4, -0.2) is 0 Å². The van der Waals surface area contributed by atoms with E-state index in [-0.39, 0.29) is 33.6 Å². The van der Waals surface area contributed by atoms with E-state index in [4.69, 9.17) is 4.74 Å². The summed E-state index contributed by atoms with van der Waals surface area (Å²) in [6, 6.07) is 8.08. The Labute approximate surface area is 92.6 Å². The molecular weight excluding hydrogens is 246 g/mol. The first-order valence-electron chi connectivity index (χ1n) is 3.36. The minimum Gasteiger partial charge on any atom is -0.465 e. The summed E-state index contributed by atoms with van der Waals surface area (Å²) in [5.41, 5.74) is 1.27. The van der Waals surface area contributed by atoms with E-state index in [9.17, 15) is 0 Å². The van der Waals surface area contributed by atoms with Gasteiger partial charge < -0.3 is 4.74 Å². The summed E-state index contributed by atoms with van der Waals surface area (Å²) in [4.78, 5) is 0. The standard InChI is InChI=1S/C9H8O.Cu.Ni/c1-2-6-9-8(4-1)5-3-7-10-9;;/h1-4,6-7H,5H2;;. The van der Waals surface area contributed by atoms with Gasteiger partial charge in [-0.15, -0.1) is 0 Å². The number of hydrogen-bond donors (Lipinski definition) is 0. The molecule has 1 radical (unpaired) electrons. The molecule has 1 aromatic carbocycles. The van der Waals surface area contributed by atoms with E-state index < -0.39 is 0 Å². The van der Waals surface area contributed by atoms with Gasteiger partial charge in [-0.1, -0.05) is 18.2 Å². The molecular formula is C9H8CuNiO. The molecule has 1 aromatic rings. The van der Waals surface area contributed by atoms with Crippen molar-refractivity contribution in [3.8, 4) is 5.75 Å². The summed E-state index contributed by atoms with van der Waals surface area (Å²) in [7, 11) is 0. The van der Waals surface area contributed by atoms with Crippen molar-refractivity contribution in [3.05, 3.63) is 42.2 Å². The molecule has 0 spiro atoms. The third-order valence-corrected chi connectivity index (χ3v) is 1.60. The van der Waals surface area contributed by atoms with Gasteiger partial charge in [0.1, 0.15) is 5.75 Å². The molecule has 1 aliphatic heterocycles. The van der Waals surface area contributed by atoms with Crippen LogP contribution in [-0.2, 0) is 40.0 Å². The van der Waals surface area contributed by atoms with Gasteiger partial charge >= 0.3 is 0 Å². The van der Waals surface area contributed by atoms with E-state index in [1.807, 2.05) is 24.3 Å². The topological polar surface area (TPSA) is 9.23 Å². The van der Waals surface area contributed by atoms with Crippen molar-refractivity contribution in [2.24, 2.45) is 0 Å². The molecule has 0 amide bonds. The largest absolute Gasteiger partial charge is 0.465 e. The summed E-state index contributed by atoms with van der Waals surface area (Å²) in [6.45, 7) is 0. The van der Waals surface area contributed by atoms with Crippen molar-refractivity contribution in [2.45, 2.75) is 6.42 Å². The Hall–Kier alpha value is -0.227. The number of fused-ring (bicyclic) bond motifs is 1. The summed E-state index contributed by atoms with van der Waals surface area (Å²) in [6.07, 6.45) is 4.75. The second-order valence-corrected chi connectivity index (χ2v) is 2.30. The van der Waals surface area contributed by atoms with Crippen LogP contribution in [0.1, 0.15) is 5.56 Å². The van der Waals surface area contributed by atoms with Gasteiger partial charge in [0.15, 0.2) is 0 Å². The number of benzene rings is 1. The van der Waals surface area contributed by atoms with E-state index in [1.54, 1.807) is 6.26 Å². The normalized spacial score (nSPS) is 11.7. The average Bonchev–Trinajstić information content (AvgIpc) is 2.05. The van der Waals surface area contributed by atoms with Crippen LogP contribution in [0.15, 0.2) is 36.6 Å². The van der Waals surface area contributed by atoms with Crippen molar-refractivity contribution in [3.63, 3.8) is 0 Å². The molecule has 0 aliphatic carbocycles. The molecule has 0 saturated heterocycles. The fourth-order valence-corrected chi connectivity index (χ4v) is 1.08. The summed E-state index contributed by atoms with van der Waals surface area (Å²) >= 11 is 0. The maximum atomic E-state index is 5.24. The zero-order chi connectivity index (χ0) is 6.81. The van der Waals surface area contributed by atoms with Gasteiger partial charge in [-0.3, -0.25) is 0 Å². The fourth-order valence-electron chi connectivity index (χ4n) is 1.08. The minimum absolute atomic E-state index is 0. The van der Waals surface area contributed by atoms with Gasteiger partial charge in [0.05, 0.1) is 6.26 Å². The van der Waals surface area contributed by atoms with Crippen LogP contribution in [0.4, 0.5) is 0 Å². The first-order valence-corrected chi connectivity index (χ1v) is 3.36. The number of ether oxygens (including phenoxy) is 1. The summed E-state index contributed by atoms with van der Waals surface area (Å²) in [5, 5.41) is 0.